The van der Waals surface area contributed by atoms with E-state index in [2.05, 4.69) is 65.5 Å². The molecule has 0 saturated heterocycles. The van der Waals surface area contributed by atoms with E-state index in [-0.39, 0.29) is 5.28 Å². The lowest BCUT2D eigenvalue weighted by Gasteiger charge is -2.22. The van der Waals surface area contributed by atoms with E-state index >= 15 is 0 Å². The molecule has 5 heteroatoms. The van der Waals surface area contributed by atoms with Crippen LogP contribution in [0.1, 0.15) is 11.1 Å². The van der Waals surface area contributed by atoms with Gasteiger partial charge < -0.3 is 4.90 Å². The highest BCUT2D eigenvalue weighted by Gasteiger charge is 2.18. The summed E-state index contributed by atoms with van der Waals surface area (Å²) >= 11 is 7.76. The summed E-state index contributed by atoms with van der Waals surface area (Å²) in [6.07, 6.45) is 3.71. The lowest BCUT2D eigenvalue weighted by Crippen LogP contribution is -2.24. The molecule has 0 bridgehead atoms. The molecule has 1 aromatic carbocycles. The van der Waals surface area contributed by atoms with Gasteiger partial charge in [0.25, 0.3) is 0 Å². The van der Waals surface area contributed by atoms with Gasteiger partial charge in [0.1, 0.15) is 10.6 Å². The Morgan fingerprint density at radius 1 is 1.12 bits per heavy atom. The maximum atomic E-state index is 6.18. The Morgan fingerprint density at radius 3 is 2.48 bits per heavy atom. The first-order valence-electron chi connectivity index (χ1n) is 8.04. The van der Waals surface area contributed by atoms with Crippen molar-refractivity contribution in [2.24, 2.45) is 0 Å². The van der Waals surface area contributed by atoms with Crippen LogP contribution in [-0.4, -0.2) is 23.1 Å². The molecule has 0 aliphatic heterocycles. The average molecular weight is 370 g/mol. The van der Waals surface area contributed by atoms with Gasteiger partial charge >= 0.3 is 0 Å². The molecule has 0 atom stereocenters. The van der Waals surface area contributed by atoms with E-state index < -0.39 is 0 Å². The van der Waals surface area contributed by atoms with Gasteiger partial charge in [0.2, 0.25) is 5.28 Å². The minimum absolute atomic E-state index is 0.258. The number of hydrogen-bond acceptors (Lipinski definition) is 4. The van der Waals surface area contributed by atoms with Crippen LogP contribution >= 0.6 is 22.9 Å². The van der Waals surface area contributed by atoms with Crippen molar-refractivity contribution in [3.63, 3.8) is 0 Å². The lowest BCUT2D eigenvalue weighted by molar-refractivity contribution is 0.929. The SMILES string of the molecule is C=CCN(CC=C)c1nc(Cl)nc2scc(-c3ccc(C)c(C)c3)c12. The van der Waals surface area contributed by atoms with Gasteiger partial charge in [-0.05, 0) is 42.1 Å². The third-order valence-corrected chi connectivity index (χ3v) is 5.24. The Labute approximate surface area is 157 Å². The van der Waals surface area contributed by atoms with Crippen LogP contribution in [0.25, 0.3) is 21.3 Å². The third-order valence-electron chi connectivity index (χ3n) is 4.20. The molecule has 0 amide bonds. The number of nitrogens with zero attached hydrogens (tertiary/aromatic N) is 3. The first-order valence-corrected chi connectivity index (χ1v) is 9.30. The Hall–Kier alpha value is -2.17. The molecular formula is C20H20ClN3S. The summed E-state index contributed by atoms with van der Waals surface area (Å²) < 4.78 is 0. The number of rotatable bonds is 6. The second kappa shape index (κ2) is 7.38. The summed E-state index contributed by atoms with van der Waals surface area (Å²) in [5, 5.41) is 3.42. The van der Waals surface area contributed by atoms with Gasteiger partial charge in [-0.2, -0.15) is 4.98 Å². The van der Waals surface area contributed by atoms with Crippen LogP contribution in [0.4, 0.5) is 5.82 Å². The molecule has 0 spiro atoms. The number of thiophene rings is 1. The van der Waals surface area contributed by atoms with Gasteiger partial charge in [-0.25, -0.2) is 4.98 Å². The first kappa shape index (κ1) is 17.6. The molecule has 0 aliphatic carbocycles. The van der Waals surface area contributed by atoms with E-state index in [4.69, 9.17) is 11.6 Å². The van der Waals surface area contributed by atoms with Crippen molar-refractivity contribution < 1.29 is 0 Å². The van der Waals surface area contributed by atoms with Crippen LogP contribution in [0.15, 0.2) is 48.9 Å². The maximum absolute atomic E-state index is 6.18. The average Bonchev–Trinajstić information content (AvgIpc) is 3.00. The lowest BCUT2D eigenvalue weighted by atomic mass is 10.0. The number of halogens is 1. The highest BCUT2D eigenvalue weighted by molar-refractivity contribution is 7.17. The molecule has 128 valence electrons. The number of benzene rings is 1. The zero-order valence-electron chi connectivity index (χ0n) is 14.4. The van der Waals surface area contributed by atoms with Crippen LogP contribution in [0.3, 0.4) is 0 Å². The number of hydrogen-bond donors (Lipinski definition) is 0. The molecule has 0 radical (unpaired) electrons. The summed E-state index contributed by atoms with van der Waals surface area (Å²) in [7, 11) is 0. The quantitative estimate of drug-likeness (QED) is 0.405. The summed E-state index contributed by atoms with van der Waals surface area (Å²) in [6.45, 7) is 13.3. The van der Waals surface area contributed by atoms with E-state index in [1.54, 1.807) is 11.3 Å². The Morgan fingerprint density at radius 2 is 1.84 bits per heavy atom. The number of aromatic nitrogens is 2. The van der Waals surface area contributed by atoms with E-state index in [1.165, 1.54) is 16.7 Å². The zero-order chi connectivity index (χ0) is 18.0. The van der Waals surface area contributed by atoms with Crippen LogP contribution < -0.4 is 4.90 Å². The number of anilines is 1. The summed E-state index contributed by atoms with van der Waals surface area (Å²) in [5.41, 5.74) is 4.84. The summed E-state index contributed by atoms with van der Waals surface area (Å²) in [5.74, 6) is 0.823. The monoisotopic (exact) mass is 369 g/mol. The minimum atomic E-state index is 0.258. The second-order valence-electron chi connectivity index (χ2n) is 5.93. The maximum Gasteiger partial charge on any atom is 0.225 e. The molecule has 2 heterocycles. The molecule has 2 aromatic heterocycles. The van der Waals surface area contributed by atoms with Gasteiger partial charge in [0.05, 0.1) is 5.39 Å². The third kappa shape index (κ3) is 3.46. The van der Waals surface area contributed by atoms with Gasteiger partial charge in [-0.1, -0.05) is 30.4 Å². The van der Waals surface area contributed by atoms with Crippen molar-refractivity contribution in [1.82, 2.24) is 9.97 Å². The molecule has 0 saturated carbocycles. The fourth-order valence-corrected chi connectivity index (χ4v) is 3.96. The Kier molecular flexibility index (Phi) is 5.21. The van der Waals surface area contributed by atoms with Gasteiger partial charge in [-0.3, -0.25) is 0 Å². The van der Waals surface area contributed by atoms with Crippen molar-refractivity contribution in [3.05, 3.63) is 65.3 Å². The number of fused-ring (bicyclic) bond motifs is 1. The van der Waals surface area contributed by atoms with Crippen LogP contribution in [0.5, 0.6) is 0 Å². The van der Waals surface area contributed by atoms with E-state index in [9.17, 15) is 0 Å². The molecule has 0 fully saturated rings. The van der Waals surface area contributed by atoms with Crippen molar-refractivity contribution in [2.45, 2.75) is 13.8 Å². The minimum Gasteiger partial charge on any atom is -0.348 e. The van der Waals surface area contributed by atoms with E-state index in [1.807, 2.05) is 12.2 Å². The summed E-state index contributed by atoms with van der Waals surface area (Å²) in [6, 6.07) is 6.50. The fraction of sp³-hybridized carbons (Fsp3) is 0.200. The molecule has 3 rings (SSSR count). The molecule has 3 aromatic rings. The zero-order valence-corrected chi connectivity index (χ0v) is 16.0. The van der Waals surface area contributed by atoms with Gasteiger partial charge in [0.15, 0.2) is 0 Å². The summed E-state index contributed by atoms with van der Waals surface area (Å²) in [4.78, 5) is 11.9. The molecule has 0 N–H and O–H groups in total. The predicted octanol–water partition coefficient (Wildman–Crippen LogP) is 5.81. The molecular weight excluding hydrogens is 350 g/mol. The highest BCUT2D eigenvalue weighted by atomic mass is 35.5. The van der Waals surface area contributed by atoms with Gasteiger partial charge in [0, 0.05) is 24.0 Å². The van der Waals surface area contributed by atoms with E-state index in [0.717, 1.165) is 21.6 Å². The molecule has 0 aliphatic rings. The standard InChI is InChI=1S/C20H20ClN3S/c1-5-9-24(10-6-2)18-17-16(12-25-19(17)23-20(21)22-18)15-8-7-13(3)14(4)11-15/h5-8,11-12H,1-2,9-10H2,3-4H3. The van der Waals surface area contributed by atoms with Crippen molar-refractivity contribution in [1.29, 1.82) is 0 Å². The van der Waals surface area contributed by atoms with Crippen LogP contribution in [0.2, 0.25) is 5.28 Å². The molecule has 25 heavy (non-hydrogen) atoms. The Balaban J connectivity index is 2.25. The Bertz CT molecular complexity index is 936. The van der Waals surface area contributed by atoms with Gasteiger partial charge in [-0.15, -0.1) is 24.5 Å². The van der Waals surface area contributed by atoms with Crippen molar-refractivity contribution in [3.8, 4) is 11.1 Å². The van der Waals surface area contributed by atoms with Crippen molar-refractivity contribution >= 4 is 39.0 Å². The smallest absolute Gasteiger partial charge is 0.225 e. The normalized spacial score (nSPS) is 10.8. The highest BCUT2D eigenvalue weighted by Crippen LogP contribution is 2.39. The molecule has 0 unspecified atom stereocenters. The van der Waals surface area contributed by atoms with Crippen LogP contribution in [0, 0.1) is 13.8 Å². The largest absolute Gasteiger partial charge is 0.348 e. The topological polar surface area (TPSA) is 29.0 Å². The number of aryl methyl sites for hydroxylation is 2. The molecule has 3 nitrogen and oxygen atoms in total. The predicted molar refractivity (Wildman–Crippen MR) is 110 cm³/mol. The second-order valence-corrected chi connectivity index (χ2v) is 7.12. The first-order chi connectivity index (χ1) is 12.0. The van der Waals surface area contributed by atoms with E-state index in [0.29, 0.717) is 13.1 Å². The van der Waals surface area contributed by atoms with Crippen LogP contribution in [-0.2, 0) is 0 Å². The fourth-order valence-electron chi connectivity index (χ4n) is 2.81. The van der Waals surface area contributed by atoms with Crippen molar-refractivity contribution in [2.75, 3.05) is 18.0 Å².